The highest BCUT2D eigenvalue weighted by Gasteiger charge is 2.27. The quantitative estimate of drug-likeness (QED) is 0.672. The summed E-state index contributed by atoms with van der Waals surface area (Å²) in [6.07, 6.45) is 1.07. The second-order valence-electron chi connectivity index (χ2n) is 6.68. The number of amides is 3. The van der Waals surface area contributed by atoms with Crippen molar-refractivity contribution in [3.05, 3.63) is 64.6 Å². The number of piperidine rings is 1. The van der Waals surface area contributed by atoms with Crippen molar-refractivity contribution in [2.45, 2.75) is 12.8 Å². The molecule has 0 saturated carbocycles. The molecule has 1 aliphatic heterocycles. The first-order valence-corrected chi connectivity index (χ1v) is 10.1. The predicted molar refractivity (Wildman–Crippen MR) is 111 cm³/mol. The predicted octanol–water partition coefficient (Wildman–Crippen LogP) is 2.53. The van der Waals surface area contributed by atoms with Crippen LogP contribution in [0, 0.1) is 5.92 Å². The Labute approximate surface area is 177 Å². The topological polar surface area (TPSA) is 87.7 Å². The Bertz CT molecular complexity index is 867. The summed E-state index contributed by atoms with van der Waals surface area (Å²) in [5.41, 5.74) is 5.36. The number of halogens is 1. The van der Waals surface area contributed by atoms with Crippen molar-refractivity contribution in [1.29, 1.82) is 0 Å². The van der Waals surface area contributed by atoms with Crippen LogP contribution in [0.1, 0.15) is 23.2 Å². The molecular formula is C21H22BrN3O4. The lowest BCUT2D eigenvalue weighted by Crippen LogP contribution is -2.48. The lowest BCUT2D eigenvalue weighted by Gasteiger charge is -2.31. The molecular weight excluding hydrogens is 438 g/mol. The number of nitrogens with one attached hydrogen (secondary N) is 2. The lowest BCUT2D eigenvalue weighted by molar-refractivity contribution is -0.137. The number of carbonyl (C=O) groups excluding carboxylic acids is 3. The van der Waals surface area contributed by atoms with E-state index >= 15 is 0 Å². The maximum atomic E-state index is 12.3. The second-order valence-corrected chi connectivity index (χ2v) is 7.53. The van der Waals surface area contributed by atoms with E-state index in [1.807, 2.05) is 18.2 Å². The Morgan fingerprint density at radius 3 is 2.31 bits per heavy atom. The van der Waals surface area contributed by atoms with Crippen LogP contribution < -0.4 is 15.6 Å². The molecule has 2 N–H and O–H groups in total. The van der Waals surface area contributed by atoms with Gasteiger partial charge in [-0.3, -0.25) is 25.2 Å². The first-order valence-electron chi connectivity index (χ1n) is 9.35. The molecule has 0 spiro atoms. The molecule has 0 unspecified atom stereocenters. The molecule has 0 bridgehead atoms. The van der Waals surface area contributed by atoms with Crippen LogP contribution in [0.4, 0.5) is 0 Å². The zero-order chi connectivity index (χ0) is 20.6. The zero-order valence-corrected chi connectivity index (χ0v) is 17.4. The minimum absolute atomic E-state index is 0.0249. The normalized spacial score (nSPS) is 14.2. The number of nitrogens with zero attached hydrogens (tertiary/aromatic N) is 1. The summed E-state index contributed by atoms with van der Waals surface area (Å²) in [5, 5.41) is 0. The minimum Gasteiger partial charge on any atom is -0.484 e. The molecule has 0 aromatic heterocycles. The maximum absolute atomic E-state index is 12.3. The Balaban J connectivity index is 1.40. The van der Waals surface area contributed by atoms with Crippen LogP contribution in [0.25, 0.3) is 0 Å². The number of benzene rings is 2. The van der Waals surface area contributed by atoms with Gasteiger partial charge in [-0.05, 0) is 53.0 Å². The van der Waals surface area contributed by atoms with E-state index in [9.17, 15) is 14.4 Å². The first kappa shape index (κ1) is 20.9. The summed E-state index contributed by atoms with van der Waals surface area (Å²) in [7, 11) is 0. The molecule has 2 aromatic carbocycles. The molecule has 2 aromatic rings. The number of hydrogen-bond acceptors (Lipinski definition) is 4. The van der Waals surface area contributed by atoms with Crippen molar-refractivity contribution >= 4 is 33.7 Å². The molecule has 7 nitrogen and oxygen atoms in total. The highest BCUT2D eigenvalue weighted by Crippen LogP contribution is 2.18. The third-order valence-electron chi connectivity index (χ3n) is 4.74. The van der Waals surface area contributed by atoms with Gasteiger partial charge in [-0.1, -0.05) is 30.3 Å². The monoisotopic (exact) mass is 459 g/mol. The molecule has 8 heteroatoms. The molecule has 1 aliphatic rings. The molecule has 3 rings (SSSR count). The van der Waals surface area contributed by atoms with E-state index in [0.717, 1.165) is 0 Å². The van der Waals surface area contributed by atoms with Gasteiger partial charge < -0.3 is 9.64 Å². The Morgan fingerprint density at radius 2 is 1.62 bits per heavy atom. The van der Waals surface area contributed by atoms with Crippen LogP contribution >= 0.6 is 15.9 Å². The van der Waals surface area contributed by atoms with Gasteiger partial charge in [0.15, 0.2) is 6.61 Å². The van der Waals surface area contributed by atoms with Crippen LogP contribution in [-0.2, 0) is 9.59 Å². The third-order valence-corrected chi connectivity index (χ3v) is 5.43. The number of rotatable bonds is 5. The molecule has 1 fully saturated rings. The number of ether oxygens (including phenoxy) is 1. The van der Waals surface area contributed by atoms with Crippen LogP contribution in [0.5, 0.6) is 5.75 Å². The summed E-state index contributed by atoms with van der Waals surface area (Å²) < 4.78 is 6.14. The molecule has 3 amide bonds. The van der Waals surface area contributed by atoms with E-state index in [4.69, 9.17) is 4.74 Å². The Morgan fingerprint density at radius 1 is 0.966 bits per heavy atom. The standard InChI is InChI=1S/C21H22BrN3O4/c22-18-9-5-4-8-17(18)21(28)24-23-20(27)15-10-12-25(13-11-15)19(26)14-29-16-6-2-1-3-7-16/h1-9,15H,10-14H2,(H,23,27)(H,24,28). The van der Waals surface area contributed by atoms with Gasteiger partial charge in [0.05, 0.1) is 5.56 Å². The van der Waals surface area contributed by atoms with Gasteiger partial charge in [-0.25, -0.2) is 0 Å². The van der Waals surface area contributed by atoms with Crippen LogP contribution in [-0.4, -0.2) is 42.3 Å². The molecule has 0 radical (unpaired) electrons. The number of carbonyl (C=O) groups is 3. The molecule has 0 aliphatic carbocycles. The first-order chi connectivity index (χ1) is 14.0. The van der Waals surface area contributed by atoms with E-state index in [1.165, 1.54) is 0 Å². The molecule has 0 atom stereocenters. The van der Waals surface area contributed by atoms with Gasteiger partial charge in [0.25, 0.3) is 11.8 Å². The molecule has 29 heavy (non-hydrogen) atoms. The average Bonchev–Trinajstić information content (AvgIpc) is 2.76. The second kappa shape index (κ2) is 10.1. The van der Waals surface area contributed by atoms with Crippen molar-refractivity contribution in [2.24, 2.45) is 5.92 Å². The zero-order valence-electron chi connectivity index (χ0n) is 15.8. The van der Waals surface area contributed by atoms with Gasteiger partial charge in [0.2, 0.25) is 5.91 Å². The van der Waals surface area contributed by atoms with Crippen molar-refractivity contribution in [2.75, 3.05) is 19.7 Å². The fraction of sp³-hybridized carbons (Fsp3) is 0.286. The van der Waals surface area contributed by atoms with Gasteiger partial charge in [0, 0.05) is 23.5 Å². The highest BCUT2D eigenvalue weighted by molar-refractivity contribution is 9.10. The Hall–Kier alpha value is -2.87. The van der Waals surface area contributed by atoms with Crippen molar-refractivity contribution in [3.8, 4) is 5.75 Å². The number of para-hydroxylation sites is 1. The van der Waals surface area contributed by atoms with Crippen molar-refractivity contribution in [3.63, 3.8) is 0 Å². The van der Waals surface area contributed by atoms with Crippen LogP contribution in [0.15, 0.2) is 59.1 Å². The van der Waals surface area contributed by atoms with Gasteiger partial charge >= 0.3 is 0 Å². The number of hydrogen-bond donors (Lipinski definition) is 2. The summed E-state index contributed by atoms with van der Waals surface area (Å²) >= 11 is 3.31. The van der Waals surface area contributed by atoms with Crippen molar-refractivity contribution < 1.29 is 19.1 Å². The van der Waals surface area contributed by atoms with E-state index in [0.29, 0.717) is 41.7 Å². The smallest absolute Gasteiger partial charge is 0.270 e. The Kier molecular flexibility index (Phi) is 7.24. The van der Waals surface area contributed by atoms with E-state index in [1.54, 1.807) is 41.3 Å². The van der Waals surface area contributed by atoms with Crippen LogP contribution in [0.3, 0.4) is 0 Å². The minimum atomic E-state index is -0.392. The van der Waals surface area contributed by atoms with Gasteiger partial charge in [-0.2, -0.15) is 0 Å². The molecule has 1 saturated heterocycles. The number of hydrazine groups is 1. The summed E-state index contributed by atoms with van der Waals surface area (Å²) in [6, 6.07) is 16.1. The maximum Gasteiger partial charge on any atom is 0.270 e. The largest absolute Gasteiger partial charge is 0.484 e. The third kappa shape index (κ3) is 5.80. The number of likely N-dealkylation sites (tertiary alicyclic amines) is 1. The summed E-state index contributed by atoms with van der Waals surface area (Å²) in [4.78, 5) is 38.5. The van der Waals surface area contributed by atoms with Gasteiger partial charge in [0.1, 0.15) is 5.75 Å². The SMILES string of the molecule is O=C(NNC(=O)C1CCN(C(=O)COc2ccccc2)CC1)c1ccccc1Br. The average molecular weight is 460 g/mol. The molecule has 1 heterocycles. The van der Waals surface area contributed by atoms with Crippen LogP contribution in [0.2, 0.25) is 0 Å². The molecule has 152 valence electrons. The van der Waals surface area contributed by atoms with Gasteiger partial charge in [-0.15, -0.1) is 0 Å². The lowest BCUT2D eigenvalue weighted by atomic mass is 9.96. The fourth-order valence-electron chi connectivity index (χ4n) is 3.08. The fourth-order valence-corrected chi connectivity index (χ4v) is 3.54. The summed E-state index contributed by atoms with van der Waals surface area (Å²) in [5.74, 6) is -0.353. The van der Waals surface area contributed by atoms with Crippen molar-refractivity contribution in [1.82, 2.24) is 15.8 Å². The van der Waals surface area contributed by atoms with E-state index in [2.05, 4.69) is 26.8 Å². The highest BCUT2D eigenvalue weighted by atomic mass is 79.9. The van der Waals surface area contributed by atoms with E-state index in [-0.39, 0.29) is 24.3 Å². The summed E-state index contributed by atoms with van der Waals surface area (Å²) in [6.45, 7) is 0.934. The van der Waals surface area contributed by atoms with E-state index < -0.39 is 5.91 Å².